The fraction of sp³-hybridized carbons (Fsp3) is 0.222. The van der Waals surface area contributed by atoms with Gasteiger partial charge in [-0.25, -0.2) is 4.98 Å². The summed E-state index contributed by atoms with van der Waals surface area (Å²) in [6.07, 6.45) is 1.44. The summed E-state index contributed by atoms with van der Waals surface area (Å²) < 4.78 is 6.77. The number of rotatable bonds is 7. The second-order valence-corrected chi connectivity index (χ2v) is 6.77. The summed E-state index contributed by atoms with van der Waals surface area (Å²) in [5.74, 6) is -0.176. The second-order valence-electron chi connectivity index (χ2n) is 5.33. The van der Waals surface area contributed by atoms with Gasteiger partial charge in [0, 0.05) is 12.0 Å². The molecule has 1 heterocycles. The molecule has 0 saturated heterocycles. The molecule has 0 bridgehead atoms. The van der Waals surface area contributed by atoms with Gasteiger partial charge >= 0.3 is 5.97 Å². The summed E-state index contributed by atoms with van der Waals surface area (Å²) in [4.78, 5) is 15.1. The van der Waals surface area contributed by atoms with Crippen LogP contribution in [0.2, 0.25) is 5.02 Å². The minimum atomic E-state index is -0.784. The third kappa shape index (κ3) is 4.04. The van der Waals surface area contributed by atoms with Crippen molar-refractivity contribution in [2.45, 2.75) is 19.3 Å². The summed E-state index contributed by atoms with van der Waals surface area (Å²) in [5.41, 5.74) is 1.94. The minimum Gasteiger partial charge on any atom is -0.492 e. The van der Waals surface area contributed by atoms with Crippen molar-refractivity contribution in [3.05, 3.63) is 47.5 Å². The van der Waals surface area contributed by atoms with Crippen molar-refractivity contribution in [2.75, 3.05) is 6.61 Å². The number of carbonyl (C=O) groups is 1. The number of thiazole rings is 1. The summed E-state index contributed by atoms with van der Waals surface area (Å²) in [6.45, 7) is 0.452. The van der Waals surface area contributed by atoms with Gasteiger partial charge in [0.25, 0.3) is 0 Å². The van der Waals surface area contributed by atoms with E-state index in [0.717, 1.165) is 20.8 Å². The van der Waals surface area contributed by atoms with Crippen molar-refractivity contribution in [1.29, 1.82) is 0 Å². The average Bonchev–Trinajstić information content (AvgIpc) is 2.99. The van der Waals surface area contributed by atoms with Gasteiger partial charge in [0.15, 0.2) is 0 Å². The molecule has 24 heavy (non-hydrogen) atoms. The standard InChI is InChI=1S/C18H16ClNO3S/c19-13-11-12(18-20-14-5-1-2-6-16(14)24-18)8-9-15(13)23-10-4-3-7-17(21)22/h1-2,5-6,8-9,11H,3-4,7,10H2,(H,21,22). The molecular weight excluding hydrogens is 346 g/mol. The fourth-order valence-corrected chi connectivity index (χ4v) is 3.50. The number of benzene rings is 2. The molecule has 0 aliphatic carbocycles. The van der Waals surface area contributed by atoms with Crippen LogP contribution in [0.1, 0.15) is 19.3 Å². The van der Waals surface area contributed by atoms with Gasteiger partial charge in [-0.15, -0.1) is 11.3 Å². The van der Waals surface area contributed by atoms with E-state index in [4.69, 9.17) is 21.4 Å². The Kier molecular flexibility index (Phi) is 5.33. The van der Waals surface area contributed by atoms with E-state index >= 15 is 0 Å². The maximum atomic E-state index is 10.5. The SMILES string of the molecule is O=C(O)CCCCOc1ccc(-c2nc3ccccc3s2)cc1Cl. The molecule has 3 aromatic rings. The summed E-state index contributed by atoms with van der Waals surface area (Å²) in [7, 11) is 0. The first-order valence-corrected chi connectivity index (χ1v) is 8.83. The van der Waals surface area contributed by atoms with Crippen molar-refractivity contribution < 1.29 is 14.6 Å². The molecule has 0 aliphatic rings. The quantitative estimate of drug-likeness (QED) is 0.584. The summed E-state index contributed by atoms with van der Waals surface area (Å²) >= 11 is 7.92. The molecule has 0 fully saturated rings. The van der Waals surface area contributed by atoms with Gasteiger partial charge in [0.2, 0.25) is 0 Å². The number of fused-ring (bicyclic) bond motifs is 1. The monoisotopic (exact) mass is 361 g/mol. The second kappa shape index (κ2) is 7.64. The fourth-order valence-electron chi connectivity index (χ4n) is 2.31. The van der Waals surface area contributed by atoms with Gasteiger partial charge in [-0.05, 0) is 43.2 Å². The lowest BCUT2D eigenvalue weighted by Crippen LogP contribution is -2.00. The van der Waals surface area contributed by atoms with Crippen LogP contribution in [0.5, 0.6) is 5.75 Å². The van der Waals surface area contributed by atoms with Gasteiger partial charge in [-0.3, -0.25) is 4.79 Å². The number of halogens is 1. The first-order valence-electron chi connectivity index (χ1n) is 7.63. The highest BCUT2D eigenvalue weighted by Gasteiger charge is 2.09. The number of ether oxygens (including phenoxy) is 1. The molecule has 3 rings (SSSR count). The van der Waals surface area contributed by atoms with E-state index in [0.29, 0.717) is 30.2 Å². The Labute approximate surface area is 148 Å². The molecule has 0 saturated carbocycles. The van der Waals surface area contributed by atoms with Crippen molar-refractivity contribution in [2.24, 2.45) is 0 Å². The Bertz CT molecular complexity index is 829. The number of para-hydroxylation sites is 1. The minimum absolute atomic E-state index is 0.160. The lowest BCUT2D eigenvalue weighted by Gasteiger charge is -2.08. The van der Waals surface area contributed by atoms with Crippen molar-refractivity contribution >= 4 is 39.1 Å². The smallest absolute Gasteiger partial charge is 0.303 e. The molecule has 0 aliphatic heterocycles. The predicted molar refractivity (Wildman–Crippen MR) is 97.0 cm³/mol. The topological polar surface area (TPSA) is 59.4 Å². The van der Waals surface area contributed by atoms with Crippen molar-refractivity contribution in [3.63, 3.8) is 0 Å². The molecule has 0 amide bonds. The van der Waals surface area contributed by atoms with E-state index in [2.05, 4.69) is 4.98 Å². The third-order valence-corrected chi connectivity index (χ3v) is 4.90. The zero-order chi connectivity index (χ0) is 16.9. The molecule has 4 nitrogen and oxygen atoms in total. The predicted octanol–water partition coefficient (Wildman–Crippen LogP) is 5.25. The third-order valence-electron chi connectivity index (χ3n) is 3.52. The first kappa shape index (κ1) is 16.7. The van der Waals surface area contributed by atoms with Crippen LogP contribution in [-0.2, 0) is 4.79 Å². The Morgan fingerprint density at radius 1 is 1.21 bits per heavy atom. The van der Waals surface area contributed by atoms with Gasteiger partial charge in [-0.2, -0.15) is 0 Å². The van der Waals surface area contributed by atoms with Crippen molar-refractivity contribution in [3.8, 4) is 16.3 Å². The van der Waals surface area contributed by atoms with Gasteiger partial charge in [0.1, 0.15) is 10.8 Å². The van der Waals surface area contributed by atoms with Crippen LogP contribution in [0, 0.1) is 0 Å². The molecular formula is C18H16ClNO3S. The lowest BCUT2D eigenvalue weighted by molar-refractivity contribution is -0.137. The molecule has 1 N–H and O–H groups in total. The molecule has 0 radical (unpaired) electrons. The largest absolute Gasteiger partial charge is 0.492 e. The van der Waals surface area contributed by atoms with Crippen LogP contribution in [0.3, 0.4) is 0 Å². The Hall–Kier alpha value is -2.11. The van der Waals surface area contributed by atoms with Crippen LogP contribution in [0.25, 0.3) is 20.8 Å². The average molecular weight is 362 g/mol. The Morgan fingerprint density at radius 3 is 2.79 bits per heavy atom. The molecule has 6 heteroatoms. The van der Waals surface area contributed by atoms with Crippen LogP contribution >= 0.6 is 22.9 Å². The zero-order valence-electron chi connectivity index (χ0n) is 12.9. The van der Waals surface area contributed by atoms with Crippen molar-refractivity contribution in [1.82, 2.24) is 4.98 Å². The number of carboxylic acids is 1. The molecule has 0 atom stereocenters. The highest BCUT2D eigenvalue weighted by molar-refractivity contribution is 7.21. The maximum Gasteiger partial charge on any atom is 0.303 e. The summed E-state index contributed by atoms with van der Waals surface area (Å²) in [6, 6.07) is 13.6. The van der Waals surface area contributed by atoms with E-state index in [9.17, 15) is 4.79 Å². The highest BCUT2D eigenvalue weighted by Crippen LogP contribution is 2.34. The molecule has 0 unspecified atom stereocenters. The number of hydrogen-bond acceptors (Lipinski definition) is 4. The number of hydrogen-bond donors (Lipinski definition) is 1. The molecule has 2 aromatic carbocycles. The van der Waals surface area contributed by atoms with Crippen LogP contribution < -0.4 is 4.74 Å². The molecule has 0 spiro atoms. The van der Waals surface area contributed by atoms with E-state index in [-0.39, 0.29) is 6.42 Å². The molecule has 124 valence electrons. The van der Waals surface area contributed by atoms with E-state index in [1.807, 2.05) is 42.5 Å². The van der Waals surface area contributed by atoms with E-state index in [1.165, 1.54) is 0 Å². The Balaban J connectivity index is 1.67. The number of aliphatic carboxylic acids is 1. The number of unbranched alkanes of at least 4 members (excludes halogenated alkanes) is 1. The van der Waals surface area contributed by atoms with Gasteiger partial charge in [0.05, 0.1) is 21.8 Å². The molecule has 1 aromatic heterocycles. The van der Waals surface area contributed by atoms with Crippen LogP contribution in [0.4, 0.5) is 0 Å². The van der Waals surface area contributed by atoms with E-state index in [1.54, 1.807) is 11.3 Å². The number of carboxylic acid groups (broad SMARTS) is 1. The normalized spacial score (nSPS) is 10.9. The van der Waals surface area contributed by atoms with Gasteiger partial charge in [-0.1, -0.05) is 23.7 Å². The number of aromatic nitrogens is 1. The zero-order valence-corrected chi connectivity index (χ0v) is 14.4. The first-order chi connectivity index (χ1) is 11.6. The Morgan fingerprint density at radius 2 is 2.04 bits per heavy atom. The lowest BCUT2D eigenvalue weighted by atomic mass is 10.2. The van der Waals surface area contributed by atoms with E-state index < -0.39 is 5.97 Å². The highest BCUT2D eigenvalue weighted by atomic mass is 35.5. The van der Waals surface area contributed by atoms with Crippen LogP contribution in [-0.4, -0.2) is 22.7 Å². The summed E-state index contributed by atoms with van der Waals surface area (Å²) in [5, 5.41) is 10.1. The van der Waals surface area contributed by atoms with Crippen LogP contribution in [0.15, 0.2) is 42.5 Å². The maximum absolute atomic E-state index is 10.5. The number of nitrogens with zero attached hydrogens (tertiary/aromatic N) is 1. The van der Waals surface area contributed by atoms with Gasteiger partial charge < -0.3 is 9.84 Å².